The summed E-state index contributed by atoms with van der Waals surface area (Å²) < 4.78 is 32.4. The normalized spacial score (nSPS) is 18.2. The Balaban J connectivity index is 1.46. The first-order valence-corrected chi connectivity index (χ1v) is 12.2. The third-order valence-corrected chi connectivity index (χ3v) is 7.63. The molecule has 2 aliphatic rings. The number of carbonyl (C=O) groups is 4. The second-order valence-corrected chi connectivity index (χ2v) is 9.91. The van der Waals surface area contributed by atoms with Gasteiger partial charge in [0.05, 0.1) is 28.5 Å². The molecule has 1 unspecified atom stereocenters. The molecule has 0 saturated carbocycles. The van der Waals surface area contributed by atoms with E-state index in [1.807, 2.05) is 0 Å². The molecule has 2 aromatic rings. The van der Waals surface area contributed by atoms with Gasteiger partial charge in [0.1, 0.15) is 0 Å². The van der Waals surface area contributed by atoms with Gasteiger partial charge in [-0.1, -0.05) is 0 Å². The van der Waals surface area contributed by atoms with Gasteiger partial charge in [-0.15, -0.1) is 0 Å². The van der Waals surface area contributed by atoms with Crippen LogP contribution in [-0.4, -0.2) is 56.1 Å². The smallest absolute Gasteiger partial charge is 0.310 e. The van der Waals surface area contributed by atoms with Crippen LogP contribution in [0.1, 0.15) is 50.8 Å². The first-order valence-electron chi connectivity index (χ1n) is 10.8. The molecule has 1 atom stereocenters. The third-order valence-electron chi connectivity index (χ3n) is 5.75. The van der Waals surface area contributed by atoms with Gasteiger partial charge in [-0.05, 0) is 62.2 Å². The number of esters is 1. The molecule has 11 heteroatoms. The number of ether oxygens (including phenoxy) is 1. The van der Waals surface area contributed by atoms with Gasteiger partial charge < -0.3 is 10.1 Å². The summed E-state index contributed by atoms with van der Waals surface area (Å²) in [5, 5.41) is 4.81. The molecule has 178 valence electrons. The van der Waals surface area contributed by atoms with Crippen LogP contribution in [-0.2, 0) is 19.6 Å². The van der Waals surface area contributed by atoms with E-state index < -0.39 is 39.6 Å². The van der Waals surface area contributed by atoms with Crippen LogP contribution in [0.25, 0.3) is 0 Å². The van der Waals surface area contributed by atoms with E-state index in [4.69, 9.17) is 4.74 Å². The summed E-state index contributed by atoms with van der Waals surface area (Å²) in [7, 11) is -3.85. The highest BCUT2D eigenvalue weighted by Gasteiger charge is 2.34. The number of carbonyl (C=O) groups excluding carboxylic acids is 4. The van der Waals surface area contributed by atoms with Crippen molar-refractivity contribution in [3.63, 3.8) is 0 Å². The van der Waals surface area contributed by atoms with Gasteiger partial charge in [0.15, 0.2) is 0 Å². The fraction of sp³-hybridized carbons (Fsp3) is 0.304. The lowest BCUT2D eigenvalue weighted by Gasteiger charge is -2.30. The van der Waals surface area contributed by atoms with Crippen molar-refractivity contribution in [3.8, 4) is 0 Å². The van der Waals surface area contributed by atoms with E-state index in [0.29, 0.717) is 25.1 Å². The van der Waals surface area contributed by atoms with Crippen LogP contribution in [0.2, 0.25) is 0 Å². The molecule has 0 radical (unpaired) electrons. The highest BCUT2D eigenvalue weighted by atomic mass is 32.2. The van der Waals surface area contributed by atoms with E-state index in [0.717, 1.165) is 0 Å². The van der Waals surface area contributed by atoms with Gasteiger partial charge >= 0.3 is 5.97 Å². The lowest BCUT2D eigenvalue weighted by Crippen LogP contribution is -2.42. The molecule has 2 aliphatic heterocycles. The molecule has 2 heterocycles. The zero-order chi connectivity index (χ0) is 24.5. The minimum atomic E-state index is -3.85. The van der Waals surface area contributed by atoms with Gasteiger partial charge in [-0.2, -0.15) is 4.31 Å². The van der Waals surface area contributed by atoms with Gasteiger partial charge in [0, 0.05) is 24.3 Å². The molecule has 1 saturated heterocycles. The van der Waals surface area contributed by atoms with Crippen LogP contribution in [0.5, 0.6) is 0 Å². The van der Waals surface area contributed by atoms with Gasteiger partial charge in [0.2, 0.25) is 10.0 Å². The largest absolute Gasteiger partial charge is 0.466 e. The molecule has 3 amide bonds. The first-order chi connectivity index (χ1) is 16.2. The highest BCUT2D eigenvalue weighted by molar-refractivity contribution is 7.89. The number of amides is 3. The van der Waals surface area contributed by atoms with Gasteiger partial charge in [-0.25, -0.2) is 8.42 Å². The summed E-state index contributed by atoms with van der Waals surface area (Å²) in [4.78, 5) is 48.1. The quantitative estimate of drug-likeness (QED) is 0.470. The van der Waals surface area contributed by atoms with E-state index in [2.05, 4.69) is 10.6 Å². The summed E-state index contributed by atoms with van der Waals surface area (Å²) in [5.74, 6) is -2.43. The van der Waals surface area contributed by atoms with E-state index in [9.17, 15) is 27.6 Å². The number of rotatable bonds is 6. The average molecular weight is 486 g/mol. The lowest BCUT2D eigenvalue weighted by atomic mass is 10.0. The SMILES string of the molecule is CCOC(=O)C1CCCN(S(=O)(=O)c2ccc(C(=O)Nc3ccc4c(c3)C(=O)NC4=O)cc2)C1. The minimum absolute atomic E-state index is 0.0151. The van der Waals surface area contributed by atoms with Crippen molar-refractivity contribution in [2.24, 2.45) is 5.92 Å². The molecule has 2 N–H and O–H groups in total. The van der Waals surface area contributed by atoms with Gasteiger partial charge in [-0.3, -0.25) is 24.5 Å². The first kappa shape index (κ1) is 23.6. The van der Waals surface area contributed by atoms with Crippen molar-refractivity contribution < 1.29 is 32.3 Å². The molecular formula is C23H23N3O7S. The number of fused-ring (bicyclic) bond motifs is 1. The zero-order valence-electron chi connectivity index (χ0n) is 18.4. The van der Waals surface area contributed by atoms with Crippen molar-refractivity contribution >= 4 is 39.4 Å². The van der Waals surface area contributed by atoms with Crippen LogP contribution in [0.4, 0.5) is 5.69 Å². The molecule has 34 heavy (non-hydrogen) atoms. The molecule has 1 fully saturated rings. The summed E-state index contributed by atoms with van der Waals surface area (Å²) in [5.41, 5.74) is 0.944. The van der Waals surface area contributed by atoms with Gasteiger partial charge in [0.25, 0.3) is 17.7 Å². The summed E-state index contributed by atoms with van der Waals surface area (Å²) in [6.45, 7) is 2.30. The number of nitrogens with one attached hydrogen (secondary N) is 2. The Bertz CT molecular complexity index is 1270. The second-order valence-electron chi connectivity index (χ2n) is 7.98. The van der Waals surface area contributed by atoms with Crippen LogP contribution in [0, 0.1) is 5.92 Å². The number of nitrogens with zero attached hydrogens (tertiary/aromatic N) is 1. The zero-order valence-corrected chi connectivity index (χ0v) is 19.2. The summed E-state index contributed by atoms with van der Waals surface area (Å²) >= 11 is 0. The number of sulfonamides is 1. The van der Waals surface area contributed by atoms with E-state index in [-0.39, 0.29) is 34.7 Å². The molecule has 0 spiro atoms. The van der Waals surface area contributed by atoms with Crippen molar-refractivity contribution in [1.29, 1.82) is 0 Å². The maximum atomic E-state index is 13.1. The van der Waals surface area contributed by atoms with E-state index >= 15 is 0 Å². The monoisotopic (exact) mass is 485 g/mol. The Morgan fingerprint density at radius 2 is 1.79 bits per heavy atom. The predicted molar refractivity (Wildman–Crippen MR) is 121 cm³/mol. The summed E-state index contributed by atoms with van der Waals surface area (Å²) in [6, 6.07) is 9.81. The maximum absolute atomic E-state index is 13.1. The molecule has 10 nitrogen and oxygen atoms in total. The van der Waals surface area contributed by atoms with E-state index in [1.54, 1.807) is 6.92 Å². The second kappa shape index (κ2) is 9.35. The van der Waals surface area contributed by atoms with Crippen LogP contribution in [0.15, 0.2) is 47.4 Å². The predicted octanol–water partition coefficient (Wildman–Crippen LogP) is 1.79. The summed E-state index contributed by atoms with van der Waals surface area (Å²) in [6.07, 6.45) is 1.12. The number of piperidine rings is 1. The van der Waals surface area contributed by atoms with Crippen molar-refractivity contribution in [3.05, 3.63) is 59.2 Å². The number of imide groups is 1. The molecular weight excluding hydrogens is 462 g/mol. The standard InChI is InChI=1S/C23H23N3O7S/c1-2-33-23(30)15-4-3-11-26(13-15)34(31,32)17-8-5-14(6-9-17)20(27)24-16-7-10-18-19(12-16)22(29)25-21(18)28/h5-10,12,15H,2-4,11,13H2,1H3,(H,24,27)(H,25,28,29). The fourth-order valence-electron chi connectivity index (χ4n) is 3.99. The molecule has 2 aromatic carbocycles. The third kappa shape index (κ3) is 4.57. The number of anilines is 1. The number of hydrogen-bond donors (Lipinski definition) is 2. The Morgan fingerprint density at radius 3 is 2.50 bits per heavy atom. The fourth-order valence-corrected chi connectivity index (χ4v) is 5.51. The van der Waals surface area contributed by atoms with Crippen LogP contribution >= 0.6 is 0 Å². The highest BCUT2D eigenvalue weighted by Crippen LogP contribution is 2.25. The molecule has 4 rings (SSSR count). The Labute approximate surface area is 196 Å². The molecule has 0 aromatic heterocycles. The Morgan fingerprint density at radius 1 is 1.09 bits per heavy atom. The lowest BCUT2D eigenvalue weighted by molar-refractivity contribution is -0.149. The van der Waals surface area contributed by atoms with Crippen molar-refractivity contribution in [2.75, 3.05) is 25.0 Å². The van der Waals surface area contributed by atoms with Crippen LogP contribution < -0.4 is 10.6 Å². The maximum Gasteiger partial charge on any atom is 0.310 e. The number of hydrogen-bond acceptors (Lipinski definition) is 7. The molecule has 0 bridgehead atoms. The minimum Gasteiger partial charge on any atom is -0.466 e. The average Bonchev–Trinajstić information content (AvgIpc) is 3.12. The Kier molecular flexibility index (Phi) is 6.49. The van der Waals surface area contributed by atoms with Crippen molar-refractivity contribution in [2.45, 2.75) is 24.7 Å². The Hall–Kier alpha value is -3.57. The van der Waals surface area contributed by atoms with Crippen molar-refractivity contribution in [1.82, 2.24) is 9.62 Å². The molecule has 0 aliphatic carbocycles. The number of benzene rings is 2. The van der Waals surface area contributed by atoms with Crippen LogP contribution in [0.3, 0.4) is 0 Å². The van der Waals surface area contributed by atoms with E-state index in [1.165, 1.54) is 46.8 Å². The topological polar surface area (TPSA) is 139 Å².